The molecule has 4 aromatic carbocycles. The van der Waals surface area contributed by atoms with E-state index in [1.807, 2.05) is 168 Å². The summed E-state index contributed by atoms with van der Waals surface area (Å²) in [6.45, 7) is 14.4. The van der Waals surface area contributed by atoms with Crippen LogP contribution in [0.5, 0.6) is 0 Å². The average Bonchev–Trinajstić information content (AvgIpc) is 3.59. The summed E-state index contributed by atoms with van der Waals surface area (Å²) in [5.74, 6) is -1.63. The Hall–Kier alpha value is -6.52. The number of benzene rings is 4. The normalized spacial score (nSPS) is 15.1. The van der Waals surface area contributed by atoms with Crippen molar-refractivity contribution in [1.29, 1.82) is 0 Å². The van der Waals surface area contributed by atoms with Crippen molar-refractivity contribution in [3.63, 3.8) is 0 Å². The van der Waals surface area contributed by atoms with Gasteiger partial charge in [0.2, 0.25) is 22.8 Å². The Morgan fingerprint density at radius 2 is 0.783 bits per heavy atom. The van der Waals surface area contributed by atoms with Crippen molar-refractivity contribution in [3.05, 3.63) is 211 Å². The molecule has 0 aliphatic heterocycles. The SMILES string of the molecule is [2H]C([2H])([2H])C([2H])(C)c1ccc(-c2ccccc2C)[n+](C)c1C.[2H]C([2H])([2H])c1c(C)c(C)c(-c2ccccc2C)[n+](C)c1C.[2H]C([2H])([2H])c1c(C)cc(-c2ccccc2C)[n+](C)c1C.[2H]C([2H])([2H])c1ccc(-c2ccccc2C)[n+](C)c1C. The average molecular weight is 932 g/mol. The quantitative estimate of drug-likeness (QED) is 0.153. The predicted molar refractivity (Wildman–Crippen MR) is 293 cm³/mol. The lowest BCUT2D eigenvalue weighted by Crippen LogP contribution is -2.37. The lowest BCUT2D eigenvalue weighted by Gasteiger charge is -2.13. The predicted octanol–water partition coefficient (Wildman–Crippen LogP) is 14.2. The summed E-state index contributed by atoms with van der Waals surface area (Å²) >= 11 is 0. The van der Waals surface area contributed by atoms with Crippen molar-refractivity contribution >= 4 is 0 Å². The molecule has 4 aromatic heterocycles. The highest BCUT2D eigenvalue weighted by Crippen LogP contribution is 2.28. The van der Waals surface area contributed by atoms with Gasteiger partial charge in [0.15, 0.2) is 22.8 Å². The maximum atomic E-state index is 8.30. The summed E-state index contributed by atoms with van der Waals surface area (Å²) in [6.07, 6.45) is 0. The smallest absolute Gasteiger partial charge is 0.198 e. The zero-order valence-electron chi connectivity index (χ0n) is 56.9. The monoisotopic (exact) mass is 932 g/mol. The number of nitrogens with zero attached hydrogens (tertiary/aromatic N) is 4. The fraction of sp³-hybridized carbons (Fsp3) is 0.323. The molecule has 0 aliphatic rings. The second-order valence-corrected chi connectivity index (χ2v) is 18.3. The Labute approximate surface area is 435 Å². The lowest BCUT2D eigenvalue weighted by molar-refractivity contribution is -0.667. The highest BCUT2D eigenvalue weighted by molar-refractivity contribution is 5.66. The molecule has 0 fully saturated rings. The van der Waals surface area contributed by atoms with Crippen LogP contribution in [0, 0.1) is 96.7 Å². The highest BCUT2D eigenvalue weighted by Gasteiger charge is 2.23. The zero-order chi connectivity index (χ0) is 61.9. The molecule has 0 spiro atoms. The van der Waals surface area contributed by atoms with Crippen LogP contribution in [0.2, 0.25) is 0 Å². The van der Waals surface area contributed by atoms with Gasteiger partial charge >= 0.3 is 0 Å². The van der Waals surface area contributed by atoms with E-state index in [1.165, 1.54) is 23.6 Å². The van der Waals surface area contributed by atoms with Crippen molar-refractivity contribution < 1.29 is 36.1 Å². The molecule has 1 unspecified atom stereocenters. The molecule has 1 atom stereocenters. The van der Waals surface area contributed by atoms with Crippen LogP contribution in [0.3, 0.4) is 0 Å². The molecular weight excluding hydrogens is 837 g/mol. The third kappa shape index (κ3) is 11.9. The maximum absolute atomic E-state index is 8.30. The van der Waals surface area contributed by atoms with Gasteiger partial charge in [0.25, 0.3) is 0 Å². The largest absolute Gasteiger partial charge is 0.215 e. The second-order valence-electron chi connectivity index (χ2n) is 18.3. The Balaban J connectivity index is 0.000000201. The molecule has 69 heavy (non-hydrogen) atoms. The van der Waals surface area contributed by atoms with E-state index < -0.39 is 33.3 Å². The molecular formula is C65H82N4+4. The highest BCUT2D eigenvalue weighted by atomic mass is 15.0. The molecule has 4 heterocycles. The van der Waals surface area contributed by atoms with Crippen LogP contribution >= 0.6 is 0 Å². The van der Waals surface area contributed by atoms with Crippen molar-refractivity contribution in [2.45, 2.75) is 116 Å². The van der Waals surface area contributed by atoms with Crippen LogP contribution in [0.1, 0.15) is 121 Å². The van der Waals surface area contributed by atoms with Crippen LogP contribution in [0.15, 0.2) is 127 Å². The van der Waals surface area contributed by atoms with E-state index in [1.54, 1.807) is 12.1 Å². The van der Waals surface area contributed by atoms with Crippen molar-refractivity contribution in [1.82, 2.24) is 0 Å². The molecule has 8 aromatic rings. The van der Waals surface area contributed by atoms with Crippen LogP contribution < -0.4 is 18.3 Å². The minimum Gasteiger partial charge on any atom is -0.198 e. The van der Waals surface area contributed by atoms with Gasteiger partial charge in [0, 0.05) is 114 Å². The van der Waals surface area contributed by atoms with Crippen molar-refractivity contribution in [2.24, 2.45) is 28.2 Å². The molecule has 0 saturated carbocycles. The molecule has 8 rings (SSSR count). The molecule has 0 bridgehead atoms. The number of aromatic nitrogens is 4. The summed E-state index contributed by atoms with van der Waals surface area (Å²) < 4.78 is 108. The van der Waals surface area contributed by atoms with Crippen LogP contribution in [-0.2, 0) is 28.2 Å². The Kier molecular flexibility index (Phi) is 12.6. The first-order valence-corrected chi connectivity index (χ1v) is 23.5. The summed E-state index contributed by atoms with van der Waals surface area (Å²) in [6, 6.07) is 41.8. The summed E-state index contributed by atoms with van der Waals surface area (Å²) in [5.41, 5.74) is 21.2. The zero-order valence-corrected chi connectivity index (χ0v) is 43.9. The second kappa shape index (κ2) is 23.2. The molecule has 0 radical (unpaired) electrons. The van der Waals surface area contributed by atoms with Gasteiger partial charge in [0.05, 0.1) is 0 Å². The van der Waals surface area contributed by atoms with Crippen LogP contribution in [-0.4, -0.2) is 0 Å². The van der Waals surface area contributed by atoms with Gasteiger partial charge in [-0.05, 0) is 145 Å². The topological polar surface area (TPSA) is 15.5 Å². The van der Waals surface area contributed by atoms with Gasteiger partial charge in [-0.25, -0.2) is 0 Å². The standard InChI is InChI=1S/2C17H22N.C16H20N.C15H18N/c1-11-9-7-8-10-16(11)17-14(4)12(2)13(3)15(5)18(17)6;1-12(2)15-10-11-17(18(5)14(15)4)16-9-7-6-8-13(16)3;1-11-8-6-7-9-15(11)16-10-12(2)13(3)14(4)17(16)5;1-11-9-10-15(16(4)13(11)3)14-8-6-5-7-12(14)2/h7-10H,1-6H3;6-12H,1-5H3;6-10H,1-5H3;5-10H,1-4H3/q4*+1/i3D3;1D3,12D;3D3;1D3. The van der Waals surface area contributed by atoms with E-state index >= 15 is 0 Å². The van der Waals surface area contributed by atoms with Gasteiger partial charge in [-0.1, -0.05) is 86.6 Å². The van der Waals surface area contributed by atoms with Gasteiger partial charge in [0.1, 0.15) is 28.2 Å². The number of rotatable bonds is 5. The minimum atomic E-state index is -2.37. The lowest BCUT2D eigenvalue weighted by atomic mass is 9.95. The molecule has 358 valence electrons. The number of pyridine rings is 4. The molecule has 0 amide bonds. The van der Waals surface area contributed by atoms with E-state index in [-0.39, 0.29) is 0 Å². The number of aryl methyl sites for hydroxylation is 6. The molecule has 0 aliphatic carbocycles. The third-order valence-corrected chi connectivity index (χ3v) is 13.9. The van der Waals surface area contributed by atoms with Gasteiger partial charge in [-0.2, -0.15) is 18.3 Å². The van der Waals surface area contributed by atoms with Crippen LogP contribution in [0.4, 0.5) is 0 Å². The summed E-state index contributed by atoms with van der Waals surface area (Å²) in [5, 5.41) is 0. The van der Waals surface area contributed by atoms with E-state index in [9.17, 15) is 0 Å². The molecule has 0 N–H and O–H groups in total. The maximum Gasteiger partial charge on any atom is 0.215 e. The first-order valence-electron chi connectivity index (χ1n) is 30.0. The van der Waals surface area contributed by atoms with Gasteiger partial charge in [-0.15, -0.1) is 0 Å². The summed E-state index contributed by atoms with van der Waals surface area (Å²) in [7, 11) is 7.69. The first kappa shape index (κ1) is 37.4. The van der Waals surface area contributed by atoms with Crippen molar-refractivity contribution in [3.8, 4) is 45.0 Å². The minimum absolute atomic E-state index is 0.410. The van der Waals surface area contributed by atoms with Crippen LogP contribution in [0.25, 0.3) is 45.0 Å². The van der Waals surface area contributed by atoms with E-state index in [4.69, 9.17) is 17.8 Å². The molecule has 4 heteroatoms. The third-order valence-electron chi connectivity index (χ3n) is 13.9. The fourth-order valence-corrected chi connectivity index (χ4v) is 8.74. The van der Waals surface area contributed by atoms with E-state index in [2.05, 4.69) is 70.2 Å². The van der Waals surface area contributed by atoms with E-state index in [0.29, 0.717) is 22.3 Å². The number of hydrogen-bond donors (Lipinski definition) is 0. The van der Waals surface area contributed by atoms with Crippen molar-refractivity contribution in [2.75, 3.05) is 0 Å². The van der Waals surface area contributed by atoms with E-state index in [0.717, 1.165) is 90.1 Å². The molecule has 0 saturated heterocycles. The Bertz CT molecular complexity index is 3590. The number of hydrogen-bond acceptors (Lipinski definition) is 0. The Morgan fingerprint density at radius 3 is 1.25 bits per heavy atom. The molecule has 4 nitrogen and oxygen atoms in total. The van der Waals surface area contributed by atoms with Gasteiger partial charge < -0.3 is 0 Å². The van der Waals surface area contributed by atoms with Gasteiger partial charge in [-0.3, -0.25) is 0 Å². The Morgan fingerprint density at radius 1 is 0.362 bits per heavy atom. The first-order chi connectivity index (χ1) is 37.8. The summed E-state index contributed by atoms with van der Waals surface area (Å²) in [4.78, 5) is 0. The fourth-order valence-electron chi connectivity index (χ4n) is 8.74.